The molecule has 0 saturated carbocycles. The normalized spacial score (nSPS) is 30.1. The first-order chi connectivity index (χ1) is 57.9. The van der Waals surface area contributed by atoms with E-state index in [0.29, 0.717) is 96.4 Å². The smallest absolute Gasteiger partial charge is 0.394 e. The minimum absolute atomic E-state index is 0.0163. The molecule has 0 aromatic heterocycles. The van der Waals surface area contributed by atoms with Crippen LogP contribution in [0.4, 0.5) is 0 Å². The lowest BCUT2D eigenvalue weighted by molar-refractivity contribution is -0.270. The molecular weight excluding hydrogens is 1690 g/mol. The number of nitrogens with zero attached hydrogens (tertiary/aromatic N) is 3. The molecule has 0 aromatic rings. The van der Waals surface area contributed by atoms with Gasteiger partial charge in [0, 0.05) is 125 Å². The summed E-state index contributed by atoms with van der Waals surface area (Å²) in [6.07, 6.45) is -13.6. The van der Waals surface area contributed by atoms with Crippen LogP contribution in [0.2, 0.25) is 0 Å². The van der Waals surface area contributed by atoms with Crippen LogP contribution < -0.4 is 31.9 Å². The van der Waals surface area contributed by atoms with Crippen LogP contribution in [0.15, 0.2) is 0 Å². The van der Waals surface area contributed by atoms with E-state index in [0.717, 1.165) is 7.11 Å². The molecule has 6 rings (SSSR count). The zero-order valence-electron chi connectivity index (χ0n) is 69.5. The molecule has 19 unspecified atom stereocenters. The van der Waals surface area contributed by atoms with E-state index in [1.54, 1.807) is 0 Å². The van der Waals surface area contributed by atoms with Gasteiger partial charge >= 0.3 is 23.5 Å². The molecule has 46 nitrogen and oxygen atoms in total. The van der Waals surface area contributed by atoms with E-state index in [1.165, 1.54) is 35.5 Å². The number of β-amino-alcohol motifs (C(OH)–C–C–N with tert-alkyl or cyclic N) is 1. The Bertz CT molecular complexity index is 3410. The highest BCUT2D eigenvalue weighted by Crippen LogP contribution is 2.50. The van der Waals surface area contributed by atoms with Crippen molar-refractivity contribution in [3.63, 3.8) is 0 Å². The van der Waals surface area contributed by atoms with Crippen LogP contribution in [0.1, 0.15) is 175 Å². The van der Waals surface area contributed by atoms with Crippen molar-refractivity contribution < 1.29 is 178 Å². The molecule has 6 aliphatic rings. The number of likely N-dealkylation sites (tertiary alicyclic amines) is 3. The lowest BCUT2D eigenvalue weighted by Gasteiger charge is -2.42. The number of hydrogen-bond donors (Lipinski definition) is 19. The molecule has 9 amide bonds. The Kier molecular flexibility index (Phi) is 46.5. The maximum atomic E-state index is 14.1. The number of hydrogen-bond acceptors (Lipinski definition) is 34. The van der Waals surface area contributed by atoms with Gasteiger partial charge in [-0.1, -0.05) is 19.3 Å². The Balaban J connectivity index is 0.964. The van der Waals surface area contributed by atoms with Gasteiger partial charge in [-0.15, -0.1) is 0 Å². The number of phosphoric acid groups is 3. The summed E-state index contributed by atoms with van der Waals surface area (Å²) in [6, 6.07) is -6.31. The highest BCUT2D eigenvalue weighted by Gasteiger charge is 2.50. The van der Waals surface area contributed by atoms with Gasteiger partial charge in [0.25, 0.3) is 0 Å². The van der Waals surface area contributed by atoms with Crippen LogP contribution >= 0.6 is 23.5 Å². The topological polar surface area (TPSA) is 660 Å². The van der Waals surface area contributed by atoms with Crippen molar-refractivity contribution in [1.82, 2.24) is 46.6 Å². The predicted molar refractivity (Wildman–Crippen MR) is 420 cm³/mol. The maximum Gasteiger partial charge on any atom is 0.472 e. The maximum absolute atomic E-state index is 14.1. The van der Waals surface area contributed by atoms with Crippen molar-refractivity contribution in [2.75, 3.05) is 106 Å². The monoisotopic (exact) mass is 1820 g/mol. The van der Waals surface area contributed by atoms with Crippen LogP contribution in [0.25, 0.3) is 0 Å². The standard InChI is InChI=1S/C73H130N9O37P3/c1-44(86)77-62-68(99)65(96)53(38-83)115-71(62)109-29-17-11-20-56(90)74-26-14-5-8-23-59(93)80-35-50(89)32-47(80)41-113-121(104,105)118-52-34-49(82(37-52)61(95)25-10-7-16-28-76-58(92)22-13-19-31-111-73-64(79-46(3)88)70(101)67(98)55(40-85)117-73)43-114-122(106,107)119-51-33-48(42-112-120(102,103)108-4)81(36-51)60(94)24-9-6-15-27-75-57(91)21-12-18-30-110-72-63(78-45(2)87)69(100)66(97)54(39-84)116-72/h47-55,62-73,83-85,89,96-101H,5-43H2,1-4H3,(H,74,90)(H,75,91)(H,76,92)(H,77,86)(H,78,87)(H,79,88)(H,102,103)(H,104,105)(H,106,107)/t47-,48-,49-,50+,51+,52?,53?,54?,55?,62?,63?,64?,65?,66?,67?,68?,69?,70?,71?,72?,73?/m0/s1. The molecule has 49 heteroatoms. The number of aliphatic hydroxyl groups excluding tert-OH is 10. The summed E-state index contributed by atoms with van der Waals surface area (Å²) < 4.78 is 106. The Morgan fingerprint density at radius 2 is 0.664 bits per heavy atom. The first-order valence-corrected chi connectivity index (χ1v) is 46.1. The molecule has 704 valence electrons. The summed E-state index contributed by atoms with van der Waals surface area (Å²) in [6.45, 7) is 0.151. The third-order valence-electron chi connectivity index (χ3n) is 21.4. The summed E-state index contributed by atoms with van der Waals surface area (Å²) in [5.74, 6) is -3.71. The van der Waals surface area contributed by atoms with Crippen molar-refractivity contribution in [1.29, 1.82) is 0 Å². The molecule has 24 atom stereocenters. The number of phosphoric ester groups is 3. The molecule has 6 heterocycles. The molecule has 6 aliphatic heterocycles. The number of amides is 9. The van der Waals surface area contributed by atoms with Crippen molar-refractivity contribution in [3.8, 4) is 0 Å². The van der Waals surface area contributed by atoms with Crippen LogP contribution in [0.3, 0.4) is 0 Å². The number of carbonyl (C=O) groups excluding carboxylic acids is 9. The minimum atomic E-state index is -5.15. The second-order valence-corrected chi connectivity index (χ2v) is 35.5. The lowest BCUT2D eigenvalue weighted by atomic mass is 9.97. The number of aliphatic hydroxyl groups is 10. The number of rotatable bonds is 56. The number of ether oxygens (including phenoxy) is 6. The summed E-state index contributed by atoms with van der Waals surface area (Å²) in [4.78, 5) is 151. The number of unbranched alkanes of at least 4 members (excludes halogenated alkanes) is 9. The van der Waals surface area contributed by atoms with Gasteiger partial charge in [-0.3, -0.25) is 70.3 Å². The third-order valence-corrected chi connectivity index (χ3v) is 24.4. The highest BCUT2D eigenvalue weighted by atomic mass is 31.2. The summed E-state index contributed by atoms with van der Waals surface area (Å²) in [5, 5.41) is 117. The molecule has 6 fully saturated rings. The molecule has 0 spiro atoms. The van der Waals surface area contributed by atoms with Gasteiger partial charge in [-0.05, 0) is 96.3 Å². The van der Waals surface area contributed by atoms with E-state index in [4.69, 9.17) is 51.0 Å². The fourth-order valence-electron chi connectivity index (χ4n) is 14.9. The summed E-state index contributed by atoms with van der Waals surface area (Å²) in [7, 11) is -13.9. The van der Waals surface area contributed by atoms with Gasteiger partial charge in [-0.25, -0.2) is 13.7 Å². The Labute approximate surface area is 707 Å². The second-order valence-electron chi connectivity index (χ2n) is 31.2. The van der Waals surface area contributed by atoms with Gasteiger partial charge < -0.3 is 141 Å². The second kappa shape index (κ2) is 53.7. The summed E-state index contributed by atoms with van der Waals surface area (Å²) in [5.41, 5.74) is 0. The Morgan fingerprint density at radius 1 is 0.377 bits per heavy atom. The lowest BCUT2D eigenvalue weighted by Crippen LogP contribution is -2.64. The van der Waals surface area contributed by atoms with E-state index < -0.39 is 221 Å². The quantitative estimate of drug-likeness (QED) is 0.0206. The molecule has 122 heavy (non-hydrogen) atoms. The molecule has 0 aromatic carbocycles. The highest BCUT2D eigenvalue weighted by molar-refractivity contribution is 7.48. The average Bonchev–Trinajstić information content (AvgIpc) is 1.79. The third kappa shape index (κ3) is 36.2. The van der Waals surface area contributed by atoms with Crippen LogP contribution in [-0.2, 0) is 112 Å². The van der Waals surface area contributed by atoms with E-state index in [2.05, 4.69) is 36.4 Å². The van der Waals surface area contributed by atoms with Crippen molar-refractivity contribution in [3.05, 3.63) is 0 Å². The minimum Gasteiger partial charge on any atom is -0.394 e. The number of nitrogens with one attached hydrogen (secondary N) is 6. The van der Waals surface area contributed by atoms with E-state index >= 15 is 0 Å². The average molecular weight is 1820 g/mol. The van der Waals surface area contributed by atoms with Crippen LogP contribution in [0.5, 0.6) is 0 Å². The SMILES string of the molecule is COP(=O)(O)OC[C@@H]1C[C@@H](OP(=O)(O)OC[C@@H]2CC(OP(=O)(O)OC[C@@H]3C[C@@H](O)CN3C(=O)CCCCCNC(=O)CCCCOC3OC(CO)C(O)C(O)C3NC(C)=O)CN2C(=O)CCCCCNC(=O)CCCCOC2OC(CO)C(O)C(O)C2NC(C)=O)CN1C(=O)CCCCCNC(=O)CCCCOC1OC(CO)C(O)C(O)C1NC(C)=O. The van der Waals surface area contributed by atoms with Crippen LogP contribution in [0, 0.1) is 0 Å². The van der Waals surface area contributed by atoms with Crippen LogP contribution in [-0.4, -0.2) is 368 Å². The predicted octanol–water partition coefficient (Wildman–Crippen LogP) is -3.66. The van der Waals surface area contributed by atoms with Gasteiger partial charge in [-0.2, -0.15) is 0 Å². The van der Waals surface area contributed by atoms with Gasteiger partial charge in [0.15, 0.2) is 18.9 Å². The van der Waals surface area contributed by atoms with Gasteiger partial charge in [0.05, 0.1) is 76.1 Å². The first-order valence-electron chi connectivity index (χ1n) is 41.6. The Morgan fingerprint density at radius 3 is 0.959 bits per heavy atom. The van der Waals surface area contributed by atoms with E-state index in [1.807, 2.05) is 0 Å². The zero-order chi connectivity index (χ0) is 89.9. The molecular formula is C73H130N9O37P3. The largest absolute Gasteiger partial charge is 0.472 e. The van der Waals surface area contributed by atoms with E-state index in [-0.39, 0.29) is 140 Å². The first kappa shape index (κ1) is 106. The summed E-state index contributed by atoms with van der Waals surface area (Å²) >= 11 is 0. The molecule has 0 bridgehead atoms. The van der Waals surface area contributed by atoms with Crippen molar-refractivity contribution >= 4 is 76.6 Å². The number of carbonyl (C=O) groups is 9. The van der Waals surface area contributed by atoms with E-state index in [9.17, 15) is 123 Å². The van der Waals surface area contributed by atoms with Crippen molar-refractivity contribution in [2.24, 2.45) is 0 Å². The Hall–Kier alpha value is -5.08. The zero-order valence-corrected chi connectivity index (χ0v) is 72.2. The molecule has 0 aliphatic carbocycles. The fourth-order valence-corrected chi connectivity index (χ4v) is 17.3. The van der Waals surface area contributed by atoms with Gasteiger partial charge in [0.2, 0.25) is 53.2 Å². The molecule has 19 N–H and O–H groups in total. The molecule has 0 radical (unpaired) electrons. The fraction of sp³-hybridized carbons (Fsp3) is 0.877. The van der Waals surface area contributed by atoms with Crippen molar-refractivity contribution in [2.45, 2.75) is 303 Å². The molecule has 6 saturated heterocycles. The van der Waals surface area contributed by atoms with Gasteiger partial charge in [0.1, 0.15) is 73.1 Å².